The van der Waals surface area contributed by atoms with Crippen molar-refractivity contribution in [3.63, 3.8) is 0 Å². The number of carbonyl (C=O) groups excluding carboxylic acids is 1. The van der Waals surface area contributed by atoms with Crippen LogP contribution in [0.5, 0.6) is 0 Å². The van der Waals surface area contributed by atoms with Gasteiger partial charge in [-0.1, -0.05) is 24.3 Å². The Morgan fingerprint density at radius 3 is 2.41 bits per heavy atom. The molecule has 0 amide bonds. The van der Waals surface area contributed by atoms with Crippen LogP contribution in [-0.4, -0.2) is 22.5 Å². The van der Waals surface area contributed by atoms with Gasteiger partial charge in [-0.2, -0.15) is 0 Å². The Hall–Kier alpha value is -2.57. The molecule has 5 nitrogen and oxygen atoms in total. The molecule has 1 aromatic heterocycles. The van der Waals surface area contributed by atoms with Gasteiger partial charge in [0.05, 0.1) is 12.2 Å². The Morgan fingerprint density at radius 2 is 1.86 bits per heavy atom. The van der Waals surface area contributed by atoms with E-state index in [4.69, 9.17) is 4.74 Å². The van der Waals surface area contributed by atoms with Gasteiger partial charge in [0.1, 0.15) is 0 Å². The second-order valence-electron chi connectivity index (χ2n) is 4.41. The fraction of sp³-hybridized carbons (Fsp3) is 0.267. The molecule has 1 aromatic carbocycles. The molecule has 1 N–H and O–H groups in total. The molecule has 0 radical (unpaired) electrons. The van der Waals surface area contributed by atoms with Crippen LogP contribution < -0.4 is 5.32 Å². The molecule has 0 saturated heterocycles. The number of hydrogen-bond acceptors (Lipinski definition) is 5. The predicted molar refractivity (Wildman–Crippen MR) is 76.7 cm³/mol. The van der Waals surface area contributed by atoms with Crippen molar-refractivity contribution in [2.75, 3.05) is 11.9 Å². The third-order valence-electron chi connectivity index (χ3n) is 2.85. The first kappa shape index (κ1) is 15.8. The molecule has 0 unspecified atom stereocenters. The van der Waals surface area contributed by atoms with Crippen LogP contribution in [0.4, 0.5) is 14.7 Å². The van der Waals surface area contributed by atoms with Gasteiger partial charge in [-0.05, 0) is 12.5 Å². The van der Waals surface area contributed by atoms with Gasteiger partial charge in [0.2, 0.25) is 5.95 Å². The first-order valence-corrected chi connectivity index (χ1v) is 6.70. The Kier molecular flexibility index (Phi) is 5.35. The van der Waals surface area contributed by atoms with Crippen LogP contribution in [0.1, 0.15) is 34.8 Å². The number of ether oxygens (including phenoxy) is 1. The zero-order valence-corrected chi connectivity index (χ0v) is 11.9. The van der Waals surface area contributed by atoms with Gasteiger partial charge >= 0.3 is 5.97 Å². The van der Waals surface area contributed by atoms with Crippen LogP contribution in [0.15, 0.2) is 36.7 Å². The van der Waals surface area contributed by atoms with Crippen molar-refractivity contribution in [1.29, 1.82) is 0 Å². The van der Waals surface area contributed by atoms with Crippen LogP contribution in [0.25, 0.3) is 0 Å². The summed E-state index contributed by atoms with van der Waals surface area (Å²) in [6, 6.07) is 5.99. The van der Waals surface area contributed by atoms with Crippen molar-refractivity contribution in [1.82, 2.24) is 9.97 Å². The molecule has 1 heterocycles. The van der Waals surface area contributed by atoms with Gasteiger partial charge in [-0.3, -0.25) is 0 Å². The number of nitrogens with one attached hydrogen (secondary N) is 1. The molecule has 0 fully saturated rings. The average molecular weight is 307 g/mol. The van der Waals surface area contributed by atoms with Crippen molar-refractivity contribution in [3.05, 3.63) is 53.3 Å². The quantitative estimate of drug-likeness (QED) is 0.830. The molecule has 7 heteroatoms. The highest BCUT2D eigenvalue weighted by atomic mass is 19.3. The molecule has 0 saturated carbocycles. The molecule has 0 spiro atoms. The number of benzene rings is 1. The highest BCUT2D eigenvalue weighted by Crippen LogP contribution is 2.18. The van der Waals surface area contributed by atoms with Gasteiger partial charge in [-0.15, -0.1) is 0 Å². The lowest BCUT2D eigenvalue weighted by atomic mass is 10.1. The van der Waals surface area contributed by atoms with Gasteiger partial charge in [-0.25, -0.2) is 23.5 Å². The van der Waals surface area contributed by atoms with Crippen LogP contribution >= 0.6 is 0 Å². The van der Waals surface area contributed by atoms with E-state index in [9.17, 15) is 13.6 Å². The smallest absolute Gasteiger partial charge is 0.341 e. The summed E-state index contributed by atoms with van der Waals surface area (Å²) in [5.74, 6) is -0.136. The molecule has 22 heavy (non-hydrogen) atoms. The van der Waals surface area contributed by atoms with E-state index in [-0.39, 0.29) is 17.7 Å². The van der Waals surface area contributed by atoms with Crippen molar-refractivity contribution >= 4 is 11.9 Å². The first-order chi connectivity index (χ1) is 10.6. The number of anilines is 1. The van der Waals surface area contributed by atoms with E-state index >= 15 is 0 Å². The van der Waals surface area contributed by atoms with Crippen molar-refractivity contribution in [2.24, 2.45) is 0 Å². The van der Waals surface area contributed by atoms with Crippen molar-refractivity contribution < 1.29 is 18.3 Å². The zero-order chi connectivity index (χ0) is 15.9. The zero-order valence-electron chi connectivity index (χ0n) is 11.9. The van der Waals surface area contributed by atoms with E-state index in [0.29, 0.717) is 12.5 Å². The average Bonchev–Trinajstić information content (AvgIpc) is 2.54. The van der Waals surface area contributed by atoms with E-state index in [1.165, 1.54) is 24.5 Å². The molecular weight excluding hydrogens is 292 g/mol. The maximum absolute atomic E-state index is 12.4. The number of carbonyl (C=O) groups is 1. The lowest BCUT2D eigenvalue weighted by molar-refractivity contribution is 0.0525. The second kappa shape index (κ2) is 7.44. The van der Waals surface area contributed by atoms with Gasteiger partial charge in [0, 0.05) is 24.5 Å². The summed E-state index contributed by atoms with van der Waals surface area (Å²) in [6.07, 6.45) is 0.265. The van der Waals surface area contributed by atoms with Crippen LogP contribution in [0.3, 0.4) is 0 Å². The molecule has 0 aliphatic carbocycles. The van der Waals surface area contributed by atoms with E-state index in [0.717, 1.165) is 5.56 Å². The van der Waals surface area contributed by atoms with Gasteiger partial charge in [0.15, 0.2) is 0 Å². The van der Waals surface area contributed by atoms with E-state index in [2.05, 4.69) is 15.3 Å². The Bertz CT molecular complexity index is 616. The maximum atomic E-state index is 12.4. The summed E-state index contributed by atoms with van der Waals surface area (Å²) < 4.78 is 29.7. The highest BCUT2D eigenvalue weighted by molar-refractivity contribution is 5.88. The highest BCUT2D eigenvalue weighted by Gasteiger charge is 2.08. The van der Waals surface area contributed by atoms with Crippen molar-refractivity contribution in [3.8, 4) is 0 Å². The van der Waals surface area contributed by atoms with Crippen molar-refractivity contribution in [2.45, 2.75) is 19.9 Å². The fourth-order valence-corrected chi connectivity index (χ4v) is 1.70. The molecule has 0 aliphatic heterocycles. The number of esters is 1. The minimum atomic E-state index is -2.47. The maximum Gasteiger partial charge on any atom is 0.341 e. The standard InChI is InChI=1S/C15H15F2N3O2/c1-2-22-14(21)12-8-19-15(20-9-12)18-7-10-3-5-11(6-4-10)13(16)17/h3-6,8-9,13H,2,7H2,1H3,(H,18,19,20). The van der Waals surface area contributed by atoms with Crippen LogP contribution in [0.2, 0.25) is 0 Å². The molecule has 2 rings (SSSR count). The molecule has 0 aliphatic rings. The number of hydrogen-bond donors (Lipinski definition) is 1. The lowest BCUT2D eigenvalue weighted by Crippen LogP contribution is -2.08. The van der Waals surface area contributed by atoms with Gasteiger partial charge < -0.3 is 10.1 Å². The number of aromatic nitrogens is 2. The van der Waals surface area contributed by atoms with E-state index in [1.807, 2.05) is 0 Å². The van der Waals surface area contributed by atoms with E-state index in [1.54, 1.807) is 19.1 Å². The molecule has 0 bridgehead atoms. The largest absolute Gasteiger partial charge is 0.462 e. The number of alkyl halides is 2. The van der Waals surface area contributed by atoms with Crippen LogP contribution in [-0.2, 0) is 11.3 Å². The third-order valence-corrected chi connectivity index (χ3v) is 2.85. The Labute approximate surface area is 126 Å². The minimum absolute atomic E-state index is 0.0150. The van der Waals surface area contributed by atoms with Crippen LogP contribution in [0, 0.1) is 0 Å². The summed E-state index contributed by atoms with van der Waals surface area (Å²) in [7, 11) is 0. The van der Waals surface area contributed by atoms with Gasteiger partial charge in [0.25, 0.3) is 6.43 Å². The fourth-order valence-electron chi connectivity index (χ4n) is 1.70. The summed E-state index contributed by atoms with van der Waals surface area (Å²) in [5, 5.41) is 2.95. The molecule has 116 valence electrons. The second-order valence-corrected chi connectivity index (χ2v) is 4.41. The normalized spacial score (nSPS) is 10.5. The number of nitrogens with zero attached hydrogens (tertiary/aromatic N) is 2. The summed E-state index contributed by atoms with van der Waals surface area (Å²) in [4.78, 5) is 19.4. The topological polar surface area (TPSA) is 64.1 Å². The monoisotopic (exact) mass is 307 g/mol. The Balaban J connectivity index is 1.92. The molecular formula is C15H15F2N3O2. The third kappa shape index (κ3) is 4.21. The SMILES string of the molecule is CCOC(=O)c1cnc(NCc2ccc(C(F)F)cc2)nc1. The summed E-state index contributed by atoms with van der Waals surface area (Å²) in [6.45, 7) is 2.39. The first-order valence-electron chi connectivity index (χ1n) is 6.70. The number of rotatable bonds is 6. The lowest BCUT2D eigenvalue weighted by Gasteiger charge is -2.06. The van der Waals surface area contributed by atoms with E-state index < -0.39 is 12.4 Å². The Morgan fingerprint density at radius 1 is 1.23 bits per heavy atom. The predicted octanol–water partition coefficient (Wildman–Crippen LogP) is 3.20. The summed E-state index contributed by atoms with van der Waals surface area (Å²) >= 11 is 0. The summed E-state index contributed by atoms with van der Waals surface area (Å²) in [5.41, 5.74) is 1.08. The molecule has 0 atom stereocenters. The minimum Gasteiger partial charge on any atom is -0.462 e. The molecule has 2 aromatic rings. The number of halogens is 2.